The van der Waals surface area contributed by atoms with E-state index in [0.717, 1.165) is 36.8 Å². The van der Waals surface area contributed by atoms with Crippen LogP contribution in [-0.2, 0) is 16.1 Å². The van der Waals surface area contributed by atoms with Crippen LogP contribution in [0.2, 0.25) is 5.02 Å². The zero-order valence-corrected chi connectivity index (χ0v) is 15.5. The number of hydrogen-bond acceptors (Lipinski definition) is 5. The predicted molar refractivity (Wildman–Crippen MR) is 101 cm³/mol. The van der Waals surface area contributed by atoms with Gasteiger partial charge in [0.05, 0.1) is 7.11 Å². The molecule has 0 saturated carbocycles. The minimum absolute atomic E-state index is 0.0811. The summed E-state index contributed by atoms with van der Waals surface area (Å²) >= 11 is 6.41. The van der Waals surface area contributed by atoms with Gasteiger partial charge >= 0.3 is 5.97 Å². The van der Waals surface area contributed by atoms with E-state index in [-0.39, 0.29) is 12.6 Å². The fourth-order valence-electron chi connectivity index (χ4n) is 3.11. The molecule has 0 aromatic heterocycles. The number of rotatable bonds is 6. The molecule has 0 bridgehead atoms. The van der Waals surface area contributed by atoms with E-state index in [9.17, 15) is 4.79 Å². The summed E-state index contributed by atoms with van der Waals surface area (Å²) in [6.07, 6.45) is 0. The summed E-state index contributed by atoms with van der Waals surface area (Å²) in [7, 11) is 1.34. The monoisotopic (exact) mass is 374 g/mol. The summed E-state index contributed by atoms with van der Waals surface area (Å²) in [4.78, 5) is 13.6. The molecule has 1 fully saturated rings. The lowest BCUT2D eigenvalue weighted by Crippen LogP contribution is -2.45. The van der Waals surface area contributed by atoms with Crippen LogP contribution in [0.1, 0.15) is 17.2 Å². The lowest BCUT2D eigenvalue weighted by Gasteiger charge is -2.37. The molecule has 1 N–H and O–H groups in total. The van der Waals surface area contributed by atoms with E-state index < -0.39 is 5.97 Å². The SMILES string of the molecule is COC(=O)COc1ccc(CN2CCNCC2c2ccccc2Cl)cc1. The molecule has 0 amide bonds. The molecule has 1 aliphatic heterocycles. The Hall–Kier alpha value is -2.08. The first-order valence-corrected chi connectivity index (χ1v) is 9.03. The quantitative estimate of drug-likeness (QED) is 0.787. The van der Waals surface area contributed by atoms with Crippen LogP contribution < -0.4 is 10.1 Å². The number of benzene rings is 2. The number of halogens is 1. The Balaban J connectivity index is 1.66. The maximum absolute atomic E-state index is 11.1. The standard InChI is InChI=1S/C20H23ClN2O3/c1-25-20(24)14-26-16-8-6-15(7-9-16)13-23-11-10-22-12-19(23)17-4-2-3-5-18(17)21/h2-9,19,22H,10-14H2,1H3. The highest BCUT2D eigenvalue weighted by atomic mass is 35.5. The van der Waals surface area contributed by atoms with Gasteiger partial charge in [0.15, 0.2) is 6.61 Å². The van der Waals surface area contributed by atoms with Crippen LogP contribution in [0.5, 0.6) is 5.75 Å². The van der Waals surface area contributed by atoms with Gasteiger partial charge in [-0.1, -0.05) is 41.9 Å². The Morgan fingerprint density at radius 1 is 1.23 bits per heavy atom. The molecule has 1 atom stereocenters. The highest BCUT2D eigenvalue weighted by Gasteiger charge is 2.25. The maximum atomic E-state index is 11.1. The van der Waals surface area contributed by atoms with Crippen LogP contribution >= 0.6 is 11.6 Å². The lowest BCUT2D eigenvalue weighted by molar-refractivity contribution is -0.142. The van der Waals surface area contributed by atoms with Gasteiger partial charge in [0.2, 0.25) is 0 Å². The number of carbonyl (C=O) groups excluding carboxylic acids is 1. The van der Waals surface area contributed by atoms with Gasteiger partial charge in [0.1, 0.15) is 5.75 Å². The normalized spacial score (nSPS) is 17.7. The number of piperazine rings is 1. The minimum Gasteiger partial charge on any atom is -0.482 e. The second-order valence-corrected chi connectivity index (χ2v) is 6.63. The molecule has 0 radical (unpaired) electrons. The molecule has 2 aromatic carbocycles. The summed E-state index contributed by atoms with van der Waals surface area (Å²) in [5, 5.41) is 4.26. The van der Waals surface area contributed by atoms with Gasteiger partial charge in [0, 0.05) is 37.2 Å². The van der Waals surface area contributed by atoms with Gasteiger partial charge in [-0.15, -0.1) is 0 Å². The molecule has 5 nitrogen and oxygen atoms in total. The van der Waals surface area contributed by atoms with Crippen molar-refractivity contribution in [3.63, 3.8) is 0 Å². The van der Waals surface area contributed by atoms with Crippen molar-refractivity contribution < 1.29 is 14.3 Å². The van der Waals surface area contributed by atoms with E-state index in [1.54, 1.807) is 0 Å². The molecule has 2 aromatic rings. The van der Waals surface area contributed by atoms with Gasteiger partial charge < -0.3 is 14.8 Å². The van der Waals surface area contributed by atoms with Crippen LogP contribution in [0.3, 0.4) is 0 Å². The lowest BCUT2D eigenvalue weighted by atomic mass is 10.0. The van der Waals surface area contributed by atoms with Crippen LogP contribution in [0.15, 0.2) is 48.5 Å². The molecular weight excluding hydrogens is 352 g/mol. The number of nitrogens with zero attached hydrogens (tertiary/aromatic N) is 1. The van der Waals surface area contributed by atoms with E-state index in [1.807, 2.05) is 42.5 Å². The molecule has 3 rings (SSSR count). The number of nitrogens with one attached hydrogen (secondary N) is 1. The van der Waals surface area contributed by atoms with E-state index in [2.05, 4.69) is 21.0 Å². The Morgan fingerprint density at radius 2 is 2.00 bits per heavy atom. The molecule has 138 valence electrons. The zero-order chi connectivity index (χ0) is 18.4. The van der Waals surface area contributed by atoms with Crippen molar-refractivity contribution in [1.29, 1.82) is 0 Å². The van der Waals surface area contributed by atoms with Crippen LogP contribution in [0.4, 0.5) is 0 Å². The van der Waals surface area contributed by atoms with Gasteiger partial charge in [-0.25, -0.2) is 4.79 Å². The number of hydrogen-bond donors (Lipinski definition) is 1. The molecular formula is C20H23ClN2O3. The molecule has 1 saturated heterocycles. The van der Waals surface area contributed by atoms with E-state index in [1.165, 1.54) is 12.7 Å². The molecule has 1 heterocycles. The van der Waals surface area contributed by atoms with Crippen LogP contribution in [0, 0.1) is 0 Å². The van der Waals surface area contributed by atoms with Gasteiger partial charge in [-0.2, -0.15) is 0 Å². The first kappa shape index (κ1) is 18.7. The average molecular weight is 375 g/mol. The molecule has 1 unspecified atom stereocenters. The van der Waals surface area contributed by atoms with E-state index >= 15 is 0 Å². The number of carbonyl (C=O) groups is 1. The minimum atomic E-state index is -0.391. The second-order valence-electron chi connectivity index (χ2n) is 6.22. The fourth-order valence-corrected chi connectivity index (χ4v) is 3.38. The highest BCUT2D eigenvalue weighted by Crippen LogP contribution is 2.29. The highest BCUT2D eigenvalue weighted by molar-refractivity contribution is 6.31. The fraction of sp³-hybridized carbons (Fsp3) is 0.350. The van der Waals surface area contributed by atoms with E-state index in [0.29, 0.717) is 5.75 Å². The third-order valence-electron chi connectivity index (χ3n) is 4.51. The molecule has 0 spiro atoms. The Kier molecular flexibility index (Phi) is 6.50. The third kappa shape index (κ3) is 4.75. The molecule has 26 heavy (non-hydrogen) atoms. The summed E-state index contributed by atoms with van der Waals surface area (Å²) in [5.41, 5.74) is 2.34. The third-order valence-corrected chi connectivity index (χ3v) is 4.86. The summed E-state index contributed by atoms with van der Waals surface area (Å²) in [6.45, 7) is 3.54. The predicted octanol–water partition coefficient (Wildman–Crippen LogP) is 3.04. The Morgan fingerprint density at radius 3 is 2.73 bits per heavy atom. The first-order chi connectivity index (χ1) is 12.7. The summed E-state index contributed by atoms with van der Waals surface area (Å²) in [6, 6.07) is 16.1. The molecule has 1 aliphatic rings. The topological polar surface area (TPSA) is 50.8 Å². The number of methoxy groups -OCH3 is 1. The van der Waals surface area contributed by atoms with Crippen molar-refractivity contribution in [2.75, 3.05) is 33.4 Å². The molecule has 6 heteroatoms. The second kappa shape index (κ2) is 9.03. The zero-order valence-electron chi connectivity index (χ0n) is 14.8. The molecule has 0 aliphatic carbocycles. The summed E-state index contributed by atoms with van der Waals surface area (Å²) < 4.78 is 9.97. The van der Waals surface area contributed by atoms with Crippen LogP contribution in [0.25, 0.3) is 0 Å². The van der Waals surface area contributed by atoms with Crippen LogP contribution in [-0.4, -0.2) is 44.2 Å². The van der Waals surface area contributed by atoms with Crippen molar-refractivity contribution in [3.05, 3.63) is 64.7 Å². The summed E-state index contributed by atoms with van der Waals surface area (Å²) in [5.74, 6) is 0.264. The van der Waals surface area contributed by atoms with Gasteiger partial charge in [-0.05, 0) is 29.3 Å². The van der Waals surface area contributed by atoms with Crippen molar-refractivity contribution in [1.82, 2.24) is 10.2 Å². The Labute approximate surface area is 158 Å². The van der Waals surface area contributed by atoms with Gasteiger partial charge in [0.25, 0.3) is 0 Å². The van der Waals surface area contributed by atoms with Crippen molar-refractivity contribution >= 4 is 17.6 Å². The van der Waals surface area contributed by atoms with Gasteiger partial charge in [-0.3, -0.25) is 4.90 Å². The van der Waals surface area contributed by atoms with Crippen molar-refractivity contribution in [2.45, 2.75) is 12.6 Å². The van der Waals surface area contributed by atoms with Crippen molar-refractivity contribution in [2.24, 2.45) is 0 Å². The smallest absolute Gasteiger partial charge is 0.343 e. The number of esters is 1. The average Bonchev–Trinajstić information content (AvgIpc) is 2.68. The maximum Gasteiger partial charge on any atom is 0.343 e. The number of ether oxygens (including phenoxy) is 2. The van der Waals surface area contributed by atoms with Crippen molar-refractivity contribution in [3.8, 4) is 5.75 Å². The Bertz CT molecular complexity index is 736. The van der Waals surface area contributed by atoms with E-state index in [4.69, 9.17) is 16.3 Å². The first-order valence-electron chi connectivity index (χ1n) is 8.65. The largest absolute Gasteiger partial charge is 0.482 e.